The van der Waals surface area contributed by atoms with Gasteiger partial charge in [-0.25, -0.2) is 0 Å². The first kappa shape index (κ1) is 12.2. The van der Waals surface area contributed by atoms with E-state index in [4.69, 9.17) is 10.3 Å². The zero-order valence-electron chi connectivity index (χ0n) is 11.0. The summed E-state index contributed by atoms with van der Waals surface area (Å²) in [5.41, 5.74) is 7.45. The van der Waals surface area contributed by atoms with Crippen molar-refractivity contribution in [1.29, 1.82) is 0 Å². The number of aromatic nitrogens is 2. The molecular formula is C15H19N3O. The minimum absolute atomic E-state index is 0.597. The molecule has 4 nitrogen and oxygen atoms in total. The van der Waals surface area contributed by atoms with Crippen LogP contribution in [0, 0.1) is 5.92 Å². The SMILES string of the molecule is Nc1ccccc1-c1noc(CCC2CCCC2)n1. The van der Waals surface area contributed by atoms with Gasteiger partial charge >= 0.3 is 0 Å². The van der Waals surface area contributed by atoms with Crippen LogP contribution in [0.4, 0.5) is 5.69 Å². The van der Waals surface area contributed by atoms with Gasteiger partial charge < -0.3 is 10.3 Å². The quantitative estimate of drug-likeness (QED) is 0.852. The summed E-state index contributed by atoms with van der Waals surface area (Å²) in [7, 11) is 0. The van der Waals surface area contributed by atoms with E-state index < -0.39 is 0 Å². The van der Waals surface area contributed by atoms with Gasteiger partial charge in [0.2, 0.25) is 11.7 Å². The maximum absolute atomic E-state index is 5.91. The summed E-state index contributed by atoms with van der Waals surface area (Å²) >= 11 is 0. The van der Waals surface area contributed by atoms with E-state index in [-0.39, 0.29) is 0 Å². The standard InChI is InChI=1S/C15H19N3O/c16-13-8-4-3-7-12(13)15-17-14(19-18-15)10-9-11-5-1-2-6-11/h3-4,7-8,11H,1-2,5-6,9-10,16H2. The molecule has 1 aliphatic carbocycles. The Balaban J connectivity index is 1.67. The summed E-state index contributed by atoms with van der Waals surface area (Å²) in [5, 5.41) is 4.03. The number of aryl methyl sites for hydroxylation is 1. The molecule has 1 aliphatic rings. The normalized spacial score (nSPS) is 16.0. The number of nitrogen functional groups attached to an aromatic ring is 1. The van der Waals surface area contributed by atoms with Gasteiger partial charge in [-0.3, -0.25) is 0 Å². The number of nitrogens with zero attached hydrogens (tertiary/aromatic N) is 2. The lowest BCUT2D eigenvalue weighted by Crippen LogP contribution is -1.96. The second kappa shape index (κ2) is 5.43. The fraction of sp³-hybridized carbons (Fsp3) is 0.467. The van der Waals surface area contributed by atoms with E-state index in [9.17, 15) is 0 Å². The first-order chi connectivity index (χ1) is 9.33. The minimum Gasteiger partial charge on any atom is -0.398 e. The highest BCUT2D eigenvalue weighted by molar-refractivity contribution is 5.70. The molecule has 3 rings (SSSR count). The van der Waals surface area contributed by atoms with Crippen molar-refractivity contribution in [2.75, 3.05) is 5.73 Å². The first-order valence-corrected chi connectivity index (χ1v) is 7.00. The number of rotatable bonds is 4. The Bertz CT molecular complexity index is 544. The number of hydrogen-bond donors (Lipinski definition) is 1. The van der Waals surface area contributed by atoms with E-state index in [0.29, 0.717) is 11.5 Å². The molecule has 4 heteroatoms. The topological polar surface area (TPSA) is 64.9 Å². The second-order valence-electron chi connectivity index (χ2n) is 5.29. The van der Waals surface area contributed by atoms with Crippen molar-refractivity contribution >= 4 is 5.69 Å². The first-order valence-electron chi connectivity index (χ1n) is 7.00. The monoisotopic (exact) mass is 257 g/mol. The maximum Gasteiger partial charge on any atom is 0.226 e. The van der Waals surface area contributed by atoms with Gasteiger partial charge in [-0.2, -0.15) is 4.98 Å². The smallest absolute Gasteiger partial charge is 0.226 e. The summed E-state index contributed by atoms with van der Waals surface area (Å²) in [4.78, 5) is 4.44. The third kappa shape index (κ3) is 2.78. The summed E-state index contributed by atoms with van der Waals surface area (Å²) in [6.07, 6.45) is 7.50. The summed E-state index contributed by atoms with van der Waals surface area (Å²) in [6.45, 7) is 0. The molecule has 100 valence electrons. The van der Waals surface area contributed by atoms with Crippen LogP contribution in [-0.4, -0.2) is 10.1 Å². The summed E-state index contributed by atoms with van der Waals surface area (Å²) in [6, 6.07) is 7.60. The van der Waals surface area contributed by atoms with E-state index in [0.717, 1.165) is 30.2 Å². The zero-order valence-corrected chi connectivity index (χ0v) is 11.0. The fourth-order valence-corrected chi connectivity index (χ4v) is 2.79. The van der Waals surface area contributed by atoms with Crippen LogP contribution in [0.1, 0.15) is 38.0 Å². The van der Waals surface area contributed by atoms with Gasteiger partial charge in [0.05, 0.1) is 0 Å². The van der Waals surface area contributed by atoms with Crippen LogP contribution in [0.25, 0.3) is 11.4 Å². The molecule has 0 spiro atoms. The molecule has 0 unspecified atom stereocenters. The fourth-order valence-electron chi connectivity index (χ4n) is 2.79. The van der Waals surface area contributed by atoms with Crippen LogP contribution in [-0.2, 0) is 6.42 Å². The van der Waals surface area contributed by atoms with Crippen molar-refractivity contribution in [2.45, 2.75) is 38.5 Å². The lowest BCUT2D eigenvalue weighted by atomic mass is 10.0. The summed E-state index contributed by atoms with van der Waals surface area (Å²) in [5.74, 6) is 2.17. The third-order valence-corrected chi connectivity index (χ3v) is 3.91. The molecular weight excluding hydrogens is 238 g/mol. The number of para-hydroxylation sites is 1. The molecule has 1 aromatic carbocycles. The molecule has 0 amide bonds. The Morgan fingerprint density at radius 3 is 2.79 bits per heavy atom. The molecule has 0 radical (unpaired) electrons. The van der Waals surface area contributed by atoms with Gasteiger partial charge in [0.25, 0.3) is 0 Å². The highest BCUT2D eigenvalue weighted by atomic mass is 16.5. The van der Waals surface area contributed by atoms with Gasteiger partial charge in [0.1, 0.15) is 0 Å². The molecule has 0 bridgehead atoms. The molecule has 1 fully saturated rings. The molecule has 1 saturated carbocycles. The van der Waals surface area contributed by atoms with Gasteiger partial charge in [0.15, 0.2) is 0 Å². The zero-order chi connectivity index (χ0) is 13.1. The van der Waals surface area contributed by atoms with Crippen molar-refractivity contribution in [3.8, 4) is 11.4 Å². The van der Waals surface area contributed by atoms with Crippen LogP contribution >= 0.6 is 0 Å². The molecule has 2 N–H and O–H groups in total. The van der Waals surface area contributed by atoms with E-state index >= 15 is 0 Å². The molecule has 1 aromatic heterocycles. The minimum atomic E-state index is 0.597. The van der Waals surface area contributed by atoms with E-state index in [1.165, 1.54) is 25.7 Å². The maximum atomic E-state index is 5.91. The molecule has 19 heavy (non-hydrogen) atoms. The van der Waals surface area contributed by atoms with Gasteiger partial charge in [-0.1, -0.05) is 43.0 Å². The lowest BCUT2D eigenvalue weighted by Gasteiger charge is -2.04. The Morgan fingerprint density at radius 1 is 1.21 bits per heavy atom. The van der Waals surface area contributed by atoms with Crippen molar-refractivity contribution in [3.05, 3.63) is 30.2 Å². The average molecular weight is 257 g/mol. The Hall–Kier alpha value is -1.84. The van der Waals surface area contributed by atoms with Crippen LogP contribution in [0.5, 0.6) is 0 Å². The third-order valence-electron chi connectivity index (χ3n) is 3.91. The van der Waals surface area contributed by atoms with Crippen LogP contribution in [0.3, 0.4) is 0 Å². The molecule has 0 aliphatic heterocycles. The number of anilines is 1. The van der Waals surface area contributed by atoms with Gasteiger partial charge in [-0.15, -0.1) is 0 Å². The van der Waals surface area contributed by atoms with Gasteiger partial charge in [-0.05, 0) is 24.5 Å². The van der Waals surface area contributed by atoms with E-state index in [2.05, 4.69) is 10.1 Å². The van der Waals surface area contributed by atoms with Crippen molar-refractivity contribution in [2.24, 2.45) is 5.92 Å². The average Bonchev–Trinajstić information content (AvgIpc) is 3.08. The Morgan fingerprint density at radius 2 is 2.00 bits per heavy atom. The number of hydrogen-bond acceptors (Lipinski definition) is 4. The largest absolute Gasteiger partial charge is 0.398 e. The van der Waals surface area contributed by atoms with Crippen LogP contribution in [0.2, 0.25) is 0 Å². The predicted molar refractivity (Wildman–Crippen MR) is 74.4 cm³/mol. The molecule has 2 aromatic rings. The summed E-state index contributed by atoms with van der Waals surface area (Å²) < 4.78 is 5.32. The predicted octanol–water partition coefficient (Wildman–Crippen LogP) is 3.44. The molecule has 0 saturated heterocycles. The highest BCUT2D eigenvalue weighted by Gasteiger charge is 2.17. The van der Waals surface area contributed by atoms with Crippen molar-refractivity contribution in [1.82, 2.24) is 10.1 Å². The Kier molecular flexibility index (Phi) is 3.49. The van der Waals surface area contributed by atoms with E-state index in [1.807, 2.05) is 24.3 Å². The highest BCUT2D eigenvalue weighted by Crippen LogP contribution is 2.29. The van der Waals surface area contributed by atoms with Crippen molar-refractivity contribution < 1.29 is 4.52 Å². The van der Waals surface area contributed by atoms with Gasteiger partial charge in [0, 0.05) is 17.7 Å². The van der Waals surface area contributed by atoms with Crippen molar-refractivity contribution in [3.63, 3.8) is 0 Å². The van der Waals surface area contributed by atoms with E-state index in [1.54, 1.807) is 0 Å². The van der Waals surface area contributed by atoms with Crippen LogP contribution in [0.15, 0.2) is 28.8 Å². The Labute approximate surface area is 113 Å². The number of benzene rings is 1. The van der Waals surface area contributed by atoms with Crippen LogP contribution < -0.4 is 5.73 Å². The number of nitrogens with two attached hydrogens (primary N) is 1. The second-order valence-corrected chi connectivity index (χ2v) is 5.29. The molecule has 0 atom stereocenters. The lowest BCUT2D eigenvalue weighted by molar-refractivity contribution is 0.362. The molecule has 1 heterocycles.